The molecule has 0 saturated carbocycles. The Hall–Kier alpha value is -3.56. The Kier molecular flexibility index (Phi) is 5.30. The predicted molar refractivity (Wildman–Crippen MR) is 105 cm³/mol. The monoisotopic (exact) mass is 432 g/mol. The molecule has 3 aromatic rings. The summed E-state index contributed by atoms with van der Waals surface area (Å²) < 4.78 is 51.3. The number of benzene rings is 1. The second-order valence-corrected chi connectivity index (χ2v) is 7.07. The van der Waals surface area contributed by atoms with Crippen molar-refractivity contribution in [3.8, 4) is 22.9 Å². The van der Waals surface area contributed by atoms with Crippen molar-refractivity contribution in [2.24, 2.45) is 7.05 Å². The molecule has 0 aliphatic carbocycles. The average Bonchev–Trinajstić information content (AvgIpc) is 3.11. The normalized spacial score (nSPS) is 14.3. The van der Waals surface area contributed by atoms with Crippen molar-refractivity contribution in [2.45, 2.75) is 12.3 Å². The van der Waals surface area contributed by atoms with E-state index in [0.29, 0.717) is 17.1 Å². The SMILES string of the molecule is COc1cccc(-c2cc(C(=O)N3CC(Oc4ncccc4C(F)(F)F)C3)n(C)n2)c1. The number of ether oxygens (including phenoxy) is 2. The molecule has 0 unspecified atom stereocenters. The number of halogens is 3. The fraction of sp³-hybridized carbons (Fsp3) is 0.286. The van der Waals surface area contributed by atoms with Crippen LogP contribution in [-0.2, 0) is 13.2 Å². The number of rotatable bonds is 5. The third-order valence-corrected chi connectivity index (χ3v) is 4.95. The van der Waals surface area contributed by atoms with Crippen LogP contribution in [0.25, 0.3) is 11.3 Å². The number of likely N-dealkylation sites (tertiary alicyclic amines) is 1. The van der Waals surface area contributed by atoms with Gasteiger partial charge in [0.15, 0.2) is 0 Å². The van der Waals surface area contributed by atoms with Gasteiger partial charge in [-0.25, -0.2) is 4.98 Å². The molecule has 1 aliphatic heterocycles. The molecule has 1 amide bonds. The van der Waals surface area contributed by atoms with Gasteiger partial charge in [-0.05, 0) is 30.3 Å². The fourth-order valence-corrected chi connectivity index (χ4v) is 3.29. The van der Waals surface area contributed by atoms with Crippen molar-refractivity contribution in [2.75, 3.05) is 20.2 Å². The lowest BCUT2D eigenvalue weighted by atomic mass is 10.1. The fourth-order valence-electron chi connectivity index (χ4n) is 3.29. The Balaban J connectivity index is 1.43. The van der Waals surface area contributed by atoms with Crippen molar-refractivity contribution in [3.63, 3.8) is 0 Å². The van der Waals surface area contributed by atoms with Crippen LogP contribution in [0.2, 0.25) is 0 Å². The van der Waals surface area contributed by atoms with Gasteiger partial charge in [0.1, 0.15) is 23.1 Å². The van der Waals surface area contributed by atoms with E-state index in [1.54, 1.807) is 20.2 Å². The predicted octanol–water partition coefficient (Wildman–Crippen LogP) is 3.41. The molecule has 0 bridgehead atoms. The molecule has 1 aliphatic rings. The zero-order valence-electron chi connectivity index (χ0n) is 16.8. The van der Waals surface area contributed by atoms with Gasteiger partial charge in [-0.15, -0.1) is 0 Å². The van der Waals surface area contributed by atoms with Crippen molar-refractivity contribution in [1.29, 1.82) is 0 Å². The van der Waals surface area contributed by atoms with Crippen molar-refractivity contribution >= 4 is 5.91 Å². The highest BCUT2D eigenvalue weighted by molar-refractivity contribution is 5.94. The molecule has 0 atom stereocenters. The van der Waals surface area contributed by atoms with Crippen molar-refractivity contribution in [1.82, 2.24) is 19.7 Å². The zero-order valence-corrected chi connectivity index (χ0v) is 16.8. The van der Waals surface area contributed by atoms with E-state index in [4.69, 9.17) is 9.47 Å². The molecule has 1 aromatic carbocycles. The van der Waals surface area contributed by atoms with E-state index >= 15 is 0 Å². The van der Waals surface area contributed by atoms with E-state index in [1.807, 2.05) is 24.3 Å². The van der Waals surface area contributed by atoms with Crippen LogP contribution in [0.15, 0.2) is 48.7 Å². The van der Waals surface area contributed by atoms with Gasteiger partial charge >= 0.3 is 6.18 Å². The van der Waals surface area contributed by atoms with Crippen molar-refractivity contribution < 1.29 is 27.4 Å². The van der Waals surface area contributed by atoms with Gasteiger partial charge in [-0.1, -0.05) is 12.1 Å². The molecular weight excluding hydrogens is 413 g/mol. The lowest BCUT2D eigenvalue weighted by Gasteiger charge is -2.38. The smallest absolute Gasteiger partial charge is 0.421 e. The van der Waals surface area contributed by atoms with Crippen LogP contribution in [0.5, 0.6) is 11.6 Å². The Labute approximate surface area is 176 Å². The van der Waals surface area contributed by atoms with Crippen LogP contribution in [-0.4, -0.2) is 51.9 Å². The van der Waals surface area contributed by atoms with Crippen LogP contribution in [0, 0.1) is 0 Å². The summed E-state index contributed by atoms with van der Waals surface area (Å²) in [6.07, 6.45) is -3.89. The molecule has 0 spiro atoms. The summed E-state index contributed by atoms with van der Waals surface area (Å²) in [4.78, 5) is 18.0. The van der Waals surface area contributed by atoms with Gasteiger partial charge in [0.25, 0.3) is 5.91 Å². The first-order chi connectivity index (χ1) is 14.8. The lowest BCUT2D eigenvalue weighted by Crippen LogP contribution is -2.56. The van der Waals surface area contributed by atoms with E-state index in [0.717, 1.165) is 11.6 Å². The van der Waals surface area contributed by atoms with E-state index in [1.165, 1.54) is 21.8 Å². The van der Waals surface area contributed by atoms with E-state index < -0.39 is 23.7 Å². The van der Waals surface area contributed by atoms with Gasteiger partial charge in [0, 0.05) is 18.8 Å². The number of pyridine rings is 1. The number of carbonyl (C=O) groups is 1. The van der Waals surface area contributed by atoms with E-state index in [9.17, 15) is 18.0 Å². The summed E-state index contributed by atoms with van der Waals surface area (Å²) in [6, 6.07) is 11.1. The molecule has 2 aromatic heterocycles. The van der Waals surface area contributed by atoms with E-state index in [2.05, 4.69) is 10.1 Å². The van der Waals surface area contributed by atoms with Crippen LogP contribution in [0.4, 0.5) is 13.2 Å². The minimum Gasteiger partial charge on any atom is -0.497 e. The minimum atomic E-state index is -4.56. The molecule has 7 nitrogen and oxygen atoms in total. The Morgan fingerprint density at radius 2 is 1.94 bits per heavy atom. The number of nitrogens with zero attached hydrogens (tertiary/aromatic N) is 4. The number of amides is 1. The number of hydrogen-bond acceptors (Lipinski definition) is 5. The van der Waals surface area contributed by atoms with Gasteiger partial charge < -0.3 is 14.4 Å². The quantitative estimate of drug-likeness (QED) is 0.618. The van der Waals surface area contributed by atoms with Crippen LogP contribution < -0.4 is 9.47 Å². The molecule has 3 heterocycles. The standard InChI is InChI=1S/C21H19F3N4O3/c1-27-18(10-17(26-27)13-5-3-6-14(9-13)30-2)20(29)28-11-15(12-28)31-19-16(21(22,23)24)7-4-8-25-19/h3-10,15H,11-12H2,1-2H3. The Morgan fingerprint density at radius 3 is 2.65 bits per heavy atom. The highest BCUT2D eigenvalue weighted by Gasteiger charge is 2.39. The van der Waals surface area contributed by atoms with Crippen LogP contribution in [0.3, 0.4) is 0 Å². The summed E-state index contributed by atoms with van der Waals surface area (Å²) in [5.74, 6) is -0.0829. The Morgan fingerprint density at radius 1 is 1.16 bits per heavy atom. The number of alkyl halides is 3. The highest BCUT2D eigenvalue weighted by Crippen LogP contribution is 2.35. The maximum atomic E-state index is 13.1. The molecule has 4 rings (SSSR count). The minimum absolute atomic E-state index is 0.159. The summed E-state index contributed by atoms with van der Waals surface area (Å²) in [5, 5.41) is 4.39. The number of methoxy groups -OCH3 is 1. The second-order valence-electron chi connectivity index (χ2n) is 7.07. The number of hydrogen-bond donors (Lipinski definition) is 0. The van der Waals surface area contributed by atoms with Crippen LogP contribution >= 0.6 is 0 Å². The molecule has 162 valence electrons. The lowest BCUT2D eigenvalue weighted by molar-refractivity contribution is -0.140. The maximum Gasteiger partial charge on any atom is 0.421 e. The molecule has 31 heavy (non-hydrogen) atoms. The van der Waals surface area contributed by atoms with Gasteiger partial charge in [0.05, 0.1) is 25.9 Å². The first kappa shape index (κ1) is 20.7. The van der Waals surface area contributed by atoms with Crippen LogP contribution in [0.1, 0.15) is 16.1 Å². The number of aryl methyl sites for hydroxylation is 1. The number of aromatic nitrogens is 3. The van der Waals surface area contributed by atoms with Gasteiger partial charge in [0.2, 0.25) is 5.88 Å². The Bertz CT molecular complexity index is 1110. The molecule has 1 saturated heterocycles. The first-order valence-electron chi connectivity index (χ1n) is 9.43. The summed E-state index contributed by atoms with van der Waals surface area (Å²) >= 11 is 0. The summed E-state index contributed by atoms with van der Waals surface area (Å²) in [6.45, 7) is 0.318. The van der Waals surface area contributed by atoms with Crippen molar-refractivity contribution in [3.05, 3.63) is 59.9 Å². The largest absolute Gasteiger partial charge is 0.497 e. The topological polar surface area (TPSA) is 69.5 Å². The zero-order chi connectivity index (χ0) is 22.2. The maximum absolute atomic E-state index is 13.1. The van der Waals surface area contributed by atoms with Gasteiger partial charge in [-0.2, -0.15) is 18.3 Å². The summed E-state index contributed by atoms with van der Waals surface area (Å²) in [7, 11) is 3.23. The third kappa shape index (κ3) is 4.18. The second kappa shape index (κ2) is 7.93. The van der Waals surface area contributed by atoms with Gasteiger partial charge in [-0.3, -0.25) is 9.48 Å². The number of carbonyl (C=O) groups excluding carboxylic acids is 1. The first-order valence-corrected chi connectivity index (χ1v) is 9.43. The summed E-state index contributed by atoms with van der Waals surface area (Å²) in [5.41, 5.74) is 0.842. The van der Waals surface area contributed by atoms with E-state index in [-0.39, 0.29) is 19.0 Å². The molecular formula is C21H19F3N4O3. The third-order valence-electron chi connectivity index (χ3n) is 4.95. The average molecular weight is 432 g/mol. The molecule has 0 radical (unpaired) electrons. The molecule has 1 fully saturated rings. The molecule has 10 heteroatoms. The highest BCUT2D eigenvalue weighted by atomic mass is 19.4. The molecule has 0 N–H and O–H groups in total.